The van der Waals surface area contributed by atoms with Gasteiger partial charge in [0, 0.05) is 62.7 Å². The van der Waals surface area contributed by atoms with Crippen molar-refractivity contribution in [3.63, 3.8) is 0 Å². The highest BCUT2D eigenvalue weighted by Crippen LogP contribution is 2.27. The van der Waals surface area contributed by atoms with E-state index in [9.17, 15) is 4.79 Å². The average molecular weight is 326 g/mol. The van der Waals surface area contributed by atoms with Crippen molar-refractivity contribution >= 4 is 17.7 Å². The second-order valence-corrected chi connectivity index (χ2v) is 8.41. The molecule has 4 nitrogen and oxygen atoms in total. The van der Waals surface area contributed by atoms with Crippen LogP contribution < -0.4 is 5.32 Å². The maximum atomic E-state index is 12.5. The number of thioether (sulfide) groups is 1. The standard InChI is InChI=1S/C17H31N3OS/c1-14-2-4-16(5-3-14)19-7-9-20(10-8-19)17(21)12-15-13-22-11-6-18-15/h14-16,18H,2-13H2,1H3. The minimum absolute atomic E-state index is 0.358. The second kappa shape index (κ2) is 8.02. The summed E-state index contributed by atoms with van der Waals surface area (Å²) in [6.45, 7) is 7.46. The van der Waals surface area contributed by atoms with E-state index in [2.05, 4.69) is 22.0 Å². The van der Waals surface area contributed by atoms with Gasteiger partial charge in [-0.2, -0.15) is 11.8 Å². The van der Waals surface area contributed by atoms with E-state index in [1.54, 1.807) is 0 Å². The van der Waals surface area contributed by atoms with Crippen molar-refractivity contribution in [1.82, 2.24) is 15.1 Å². The zero-order valence-corrected chi connectivity index (χ0v) is 14.7. The van der Waals surface area contributed by atoms with E-state index in [0.29, 0.717) is 18.4 Å². The van der Waals surface area contributed by atoms with Gasteiger partial charge < -0.3 is 10.2 Å². The van der Waals surface area contributed by atoms with E-state index in [1.165, 1.54) is 31.4 Å². The minimum atomic E-state index is 0.358. The van der Waals surface area contributed by atoms with Crippen LogP contribution in [-0.2, 0) is 4.79 Å². The molecule has 1 aliphatic carbocycles. The van der Waals surface area contributed by atoms with Crippen LogP contribution in [0.2, 0.25) is 0 Å². The number of carbonyl (C=O) groups is 1. The first-order valence-electron chi connectivity index (χ1n) is 9.05. The van der Waals surface area contributed by atoms with Crippen LogP contribution in [0.1, 0.15) is 39.0 Å². The SMILES string of the molecule is CC1CCC(N2CCN(C(=O)CC3CSCCN3)CC2)CC1. The van der Waals surface area contributed by atoms with Crippen molar-refractivity contribution in [3.05, 3.63) is 0 Å². The first kappa shape index (κ1) is 16.6. The third-order valence-electron chi connectivity index (χ3n) is 5.59. The maximum absolute atomic E-state index is 12.5. The lowest BCUT2D eigenvalue weighted by Crippen LogP contribution is -2.53. The first-order valence-corrected chi connectivity index (χ1v) is 10.2. The summed E-state index contributed by atoms with van der Waals surface area (Å²) in [5.41, 5.74) is 0. The van der Waals surface area contributed by atoms with Crippen LogP contribution in [-0.4, -0.2) is 72.0 Å². The molecule has 1 amide bonds. The van der Waals surface area contributed by atoms with Crippen LogP contribution in [0.4, 0.5) is 0 Å². The van der Waals surface area contributed by atoms with Gasteiger partial charge in [0.05, 0.1) is 0 Å². The molecule has 1 atom stereocenters. The number of nitrogens with zero attached hydrogens (tertiary/aromatic N) is 2. The molecule has 0 bridgehead atoms. The van der Waals surface area contributed by atoms with Crippen molar-refractivity contribution in [2.75, 3.05) is 44.2 Å². The summed E-state index contributed by atoms with van der Waals surface area (Å²) in [5.74, 6) is 3.55. The van der Waals surface area contributed by atoms with Crippen molar-refractivity contribution in [2.45, 2.75) is 51.1 Å². The molecule has 126 valence electrons. The van der Waals surface area contributed by atoms with E-state index in [0.717, 1.165) is 50.4 Å². The second-order valence-electron chi connectivity index (χ2n) is 7.26. The Kier molecular flexibility index (Phi) is 6.05. The van der Waals surface area contributed by atoms with Crippen LogP contribution in [0.3, 0.4) is 0 Å². The van der Waals surface area contributed by atoms with E-state index in [4.69, 9.17) is 0 Å². The summed E-state index contributed by atoms with van der Waals surface area (Å²) in [4.78, 5) is 17.2. The highest BCUT2D eigenvalue weighted by molar-refractivity contribution is 7.99. The van der Waals surface area contributed by atoms with Gasteiger partial charge >= 0.3 is 0 Å². The molecule has 5 heteroatoms. The molecule has 0 radical (unpaired) electrons. The molecule has 1 N–H and O–H groups in total. The van der Waals surface area contributed by atoms with E-state index >= 15 is 0 Å². The van der Waals surface area contributed by atoms with Crippen molar-refractivity contribution in [1.29, 1.82) is 0 Å². The van der Waals surface area contributed by atoms with Crippen molar-refractivity contribution in [3.8, 4) is 0 Å². The molecule has 0 aromatic rings. The van der Waals surface area contributed by atoms with E-state index in [-0.39, 0.29) is 0 Å². The number of piperazine rings is 1. The molecule has 2 aliphatic heterocycles. The molecule has 1 saturated carbocycles. The summed E-state index contributed by atoms with van der Waals surface area (Å²) in [7, 11) is 0. The van der Waals surface area contributed by atoms with Crippen LogP contribution in [0.25, 0.3) is 0 Å². The molecule has 3 fully saturated rings. The lowest BCUT2D eigenvalue weighted by Gasteiger charge is -2.42. The van der Waals surface area contributed by atoms with E-state index < -0.39 is 0 Å². The number of rotatable bonds is 3. The number of carbonyl (C=O) groups excluding carboxylic acids is 1. The van der Waals surface area contributed by atoms with E-state index in [1.807, 2.05) is 11.8 Å². The Bertz CT molecular complexity index is 357. The molecule has 2 heterocycles. The number of nitrogens with one attached hydrogen (secondary N) is 1. The van der Waals surface area contributed by atoms with Gasteiger partial charge in [-0.3, -0.25) is 9.69 Å². The smallest absolute Gasteiger partial charge is 0.224 e. The van der Waals surface area contributed by atoms with Gasteiger partial charge in [0.15, 0.2) is 0 Å². The van der Waals surface area contributed by atoms with Gasteiger partial charge in [0.2, 0.25) is 5.91 Å². The van der Waals surface area contributed by atoms with Gasteiger partial charge in [-0.25, -0.2) is 0 Å². The van der Waals surface area contributed by atoms with Gasteiger partial charge in [-0.15, -0.1) is 0 Å². The zero-order chi connectivity index (χ0) is 15.4. The molecule has 22 heavy (non-hydrogen) atoms. The minimum Gasteiger partial charge on any atom is -0.340 e. The molecule has 0 spiro atoms. The summed E-state index contributed by atoms with van der Waals surface area (Å²) >= 11 is 1.97. The molecule has 1 unspecified atom stereocenters. The largest absolute Gasteiger partial charge is 0.340 e. The average Bonchev–Trinajstić information content (AvgIpc) is 2.57. The molecule has 2 saturated heterocycles. The zero-order valence-electron chi connectivity index (χ0n) is 13.9. The molecule has 3 rings (SSSR count). The summed E-state index contributed by atoms with van der Waals surface area (Å²) in [6.07, 6.45) is 6.17. The predicted octanol–water partition coefficient (Wildman–Crippen LogP) is 1.80. The fourth-order valence-electron chi connectivity index (χ4n) is 4.03. The lowest BCUT2D eigenvalue weighted by atomic mass is 9.86. The van der Waals surface area contributed by atoms with Crippen LogP contribution in [0.15, 0.2) is 0 Å². The molecule has 3 aliphatic rings. The highest BCUT2D eigenvalue weighted by Gasteiger charge is 2.29. The van der Waals surface area contributed by atoms with Crippen molar-refractivity contribution in [2.24, 2.45) is 5.92 Å². The summed E-state index contributed by atoms with van der Waals surface area (Å²) in [6, 6.07) is 1.17. The molecule has 0 aromatic carbocycles. The third kappa shape index (κ3) is 4.39. The lowest BCUT2D eigenvalue weighted by molar-refractivity contribution is -0.133. The van der Waals surface area contributed by atoms with Crippen LogP contribution in [0.5, 0.6) is 0 Å². The van der Waals surface area contributed by atoms with Crippen LogP contribution in [0, 0.1) is 5.92 Å². The Morgan fingerprint density at radius 3 is 2.50 bits per heavy atom. The number of hydrogen-bond acceptors (Lipinski definition) is 4. The van der Waals surface area contributed by atoms with Gasteiger partial charge in [-0.1, -0.05) is 6.92 Å². The first-order chi connectivity index (χ1) is 10.7. The Morgan fingerprint density at radius 2 is 1.86 bits per heavy atom. The normalized spacial score (nSPS) is 34.6. The van der Waals surface area contributed by atoms with Crippen LogP contribution >= 0.6 is 11.8 Å². The molecular weight excluding hydrogens is 294 g/mol. The maximum Gasteiger partial charge on any atom is 0.224 e. The topological polar surface area (TPSA) is 35.6 Å². The fourth-order valence-corrected chi connectivity index (χ4v) is 4.98. The van der Waals surface area contributed by atoms with Gasteiger partial charge in [0.25, 0.3) is 0 Å². The predicted molar refractivity (Wildman–Crippen MR) is 93.3 cm³/mol. The van der Waals surface area contributed by atoms with Crippen molar-refractivity contribution < 1.29 is 4.79 Å². The number of amides is 1. The van der Waals surface area contributed by atoms with Gasteiger partial charge in [-0.05, 0) is 31.6 Å². The van der Waals surface area contributed by atoms with Gasteiger partial charge in [0.1, 0.15) is 0 Å². The molecular formula is C17H31N3OS. The summed E-state index contributed by atoms with van der Waals surface area (Å²) < 4.78 is 0. The quantitative estimate of drug-likeness (QED) is 0.858. The Morgan fingerprint density at radius 1 is 1.14 bits per heavy atom. The highest BCUT2D eigenvalue weighted by atomic mass is 32.2. The third-order valence-corrected chi connectivity index (χ3v) is 6.72. The number of hydrogen-bond donors (Lipinski definition) is 1. The fraction of sp³-hybridized carbons (Fsp3) is 0.941. The molecule has 0 aromatic heterocycles. The summed E-state index contributed by atoms with van der Waals surface area (Å²) in [5, 5.41) is 3.47. The Hall–Kier alpha value is -0.260. The Labute approximate surface area is 139 Å². The Balaban J connectivity index is 1.40. The monoisotopic (exact) mass is 325 g/mol.